The van der Waals surface area contributed by atoms with Gasteiger partial charge in [-0.1, -0.05) is 19.0 Å². The van der Waals surface area contributed by atoms with E-state index in [0.717, 1.165) is 24.8 Å². The Bertz CT molecular complexity index is 469. The van der Waals surface area contributed by atoms with E-state index in [0.29, 0.717) is 17.6 Å². The van der Waals surface area contributed by atoms with E-state index in [1.807, 2.05) is 12.1 Å². The third-order valence-electron chi connectivity index (χ3n) is 3.91. The predicted molar refractivity (Wildman–Crippen MR) is 79.2 cm³/mol. The number of nitrogens with two attached hydrogens (primary N) is 1. The molecule has 0 aliphatic heterocycles. The summed E-state index contributed by atoms with van der Waals surface area (Å²) in [5, 5.41) is 14.9. The van der Waals surface area contributed by atoms with Crippen LogP contribution in [0.5, 0.6) is 5.75 Å². The number of nitrogens with zero attached hydrogens (tertiary/aromatic N) is 1. The third kappa shape index (κ3) is 3.87. The molecule has 1 fully saturated rings. The highest BCUT2D eigenvalue weighted by molar-refractivity contribution is 5.97. The van der Waals surface area contributed by atoms with Gasteiger partial charge >= 0.3 is 0 Å². The topological polar surface area (TPSA) is 79.9 Å². The lowest BCUT2D eigenvalue weighted by Crippen LogP contribution is -2.24. The summed E-state index contributed by atoms with van der Waals surface area (Å²) in [6.45, 7) is 7.15. The molecule has 110 valence electrons. The molecule has 4 N–H and O–H groups in total. The van der Waals surface area contributed by atoms with Crippen molar-refractivity contribution in [2.45, 2.75) is 20.3 Å². The number of amidine groups is 1. The molecule has 1 aliphatic carbocycles. The van der Waals surface area contributed by atoms with Gasteiger partial charge in [-0.3, -0.25) is 0 Å². The van der Waals surface area contributed by atoms with Gasteiger partial charge in [0.25, 0.3) is 0 Å². The molecule has 1 aliphatic rings. The maximum absolute atomic E-state index is 8.57. The minimum Gasteiger partial charge on any atom is -0.492 e. The van der Waals surface area contributed by atoms with Gasteiger partial charge in [0.15, 0.2) is 5.84 Å². The Morgan fingerprint density at radius 2 is 2.10 bits per heavy atom. The van der Waals surface area contributed by atoms with Gasteiger partial charge < -0.3 is 21.0 Å². The standard InChI is InChI=1S/C15H23N3O2/c1-15(2)9-12(15)10-17-7-8-20-13-5-3-11(4-6-13)14(16)18-19/h3-6,12,17,19H,7-10H2,1-2H3,(H2,16,18). The minimum atomic E-state index is 0.102. The molecule has 20 heavy (non-hydrogen) atoms. The lowest BCUT2D eigenvalue weighted by molar-refractivity contribution is 0.311. The minimum absolute atomic E-state index is 0.102. The number of benzene rings is 1. The summed E-state index contributed by atoms with van der Waals surface area (Å²) in [5.41, 5.74) is 6.69. The average molecular weight is 277 g/mol. The largest absolute Gasteiger partial charge is 0.492 e. The molecule has 1 atom stereocenters. The lowest BCUT2D eigenvalue weighted by atomic mass is 10.1. The molecule has 0 bridgehead atoms. The summed E-state index contributed by atoms with van der Waals surface area (Å²) in [4.78, 5) is 0. The van der Waals surface area contributed by atoms with E-state index in [4.69, 9.17) is 15.7 Å². The second-order valence-electron chi connectivity index (χ2n) is 5.95. The van der Waals surface area contributed by atoms with Gasteiger partial charge in [-0.2, -0.15) is 0 Å². The summed E-state index contributed by atoms with van der Waals surface area (Å²) >= 11 is 0. The van der Waals surface area contributed by atoms with Crippen LogP contribution in [0.1, 0.15) is 25.8 Å². The molecule has 1 aromatic carbocycles. The van der Waals surface area contributed by atoms with E-state index in [1.54, 1.807) is 12.1 Å². The summed E-state index contributed by atoms with van der Waals surface area (Å²) in [5.74, 6) is 1.70. The first-order valence-electron chi connectivity index (χ1n) is 6.94. The van der Waals surface area contributed by atoms with Gasteiger partial charge in [-0.25, -0.2) is 0 Å². The second-order valence-corrected chi connectivity index (χ2v) is 5.95. The fourth-order valence-corrected chi connectivity index (χ4v) is 2.22. The van der Waals surface area contributed by atoms with E-state index >= 15 is 0 Å². The number of oxime groups is 1. The van der Waals surface area contributed by atoms with Crippen LogP contribution in [0.25, 0.3) is 0 Å². The van der Waals surface area contributed by atoms with Crippen molar-refractivity contribution in [2.24, 2.45) is 22.2 Å². The molecule has 0 radical (unpaired) electrons. The van der Waals surface area contributed by atoms with E-state index in [-0.39, 0.29) is 5.84 Å². The van der Waals surface area contributed by atoms with Gasteiger partial charge in [0.2, 0.25) is 0 Å². The first-order valence-corrected chi connectivity index (χ1v) is 6.94. The van der Waals surface area contributed by atoms with Crippen molar-refractivity contribution in [1.29, 1.82) is 0 Å². The second kappa shape index (κ2) is 6.13. The average Bonchev–Trinajstić information content (AvgIpc) is 3.05. The molecule has 0 amide bonds. The summed E-state index contributed by atoms with van der Waals surface area (Å²) < 4.78 is 5.62. The van der Waals surface area contributed by atoms with Gasteiger partial charge in [-0.05, 0) is 48.6 Å². The van der Waals surface area contributed by atoms with Crippen molar-refractivity contribution in [3.05, 3.63) is 29.8 Å². The fourth-order valence-electron chi connectivity index (χ4n) is 2.22. The van der Waals surface area contributed by atoms with Crippen LogP contribution in [0.15, 0.2) is 29.4 Å². The van der Waals surface area contributed by atoms with Crippen molar-refractivity contribution >= 4 is 5.84 Å². The molecule has 1 aromatic rings. The normalized spacial score (nSPS) is 20.7. The van der Waals surface area contributed by atoms with E-state index in [1.165, 1.54) is 6.42 Å². The van der Waals surface area contributed by atoms with Crippen LogP contribution in [-0.4, -0.2) is 30.7 Å². The highest BCUT2D eigenvalue weighted by Gasteiger charge is 2.44. The molecule has 0 heterocycles. The Kier molecular flexibility index (Phi) is 4.49. The monoisotopic (exact) mass is 277 g/mol. The summed E-state index contributed by atoms with van der Waals surface area (Å²) in [7, 11) is 0. The van der Waals surface area contributed by atoms with Crippen LogP contribution >= 0.6 is 0 Å². The molecule has 2 rings (SSSR count). The SMILES string of the molecule is CC1(C)CC1CNCCOc1ccc(/C(N)=N/O)cc1. The zero-order valence-electron chi connectivity index (χ0n) is 12.1. The molecule has 0 aromatic heterocycles. The molecule has 5 heteroatoms. The lowest BCUT2D eigenvalue weighted by Gasteiger charge is -2.09. The van der Waals surface area contributed by atoms with Crippen molar-refractivity contribution in [1.82, 2.24) is 5.32 Å². The smallest absolute Gasteiger partial charge is 0.170 e. The van der Waals surface area contributed by atoms with E-state index in [2.05, 4.69) is 24.3 Å². The van der Waals surface area contributed by atoms with Crippen molar-refractivity contribution in [3.63, 3.8) is 0 Å². The first kappa shape index (κ1) is 14.7. The van der Waals surface area contributed by atoms with Crippen LogP contribution in [0.3, 0.4) is 0 Å². The summed E-state index contributed by atoms with van der Waals surface area (Å²) in [6, 6.07) is 7.17. The molecule has 0 spiro atoms. The molecule has 1 saturated carbocycles. The van der Waals surface area contributed by atoms with Crippen molar-refractivity contribution in [2.75, 3.05) is 19.7 Å². The summed E-state index contributed by atoms with van der Waals surface area (Å²) in [6.07, 6.45) is 1.32. The van der Waals surface area contributed by atoms with Gasteiger partial charge in [0.05, 0.1) is 0 Å². The molecule has 1 unspecified atom stereocenters. The van der Waals surface area contributed by atoms with E-state index < -0.39 is 0 Å². The zero-order valence-corrected chi connectivity index (χ0v) is 12.1. The number of hydrogen-bond acceptors (Lipinski definition) is 4. The van der Waals surface area contributed by atoms with Gasteiger partial charge in [0, 0.05) is 12.1 Å². The predicted octanol–water partition coefficient (Wildman–Crippen LogP) is 1.80. The zero-order chi connectivity index (χ0) is 14.6. The van der Waals surface area contributed by atoms with Crippen molar-refractivity contribution in [3.8, 4) is 5.75 Å². The number of hydrogen-bond donors (Lipinski definition) is 3. The fraction of sp³-hybridized carbons (Fsp3) is 0.533. The highest BCUT2D eigenvalue weighted by Crippen LogP contribution is 2.50. The van der Waals surface area contributed by atoms with Crippen LogP contribution < -0.4 is 15.8 Å². The maximum Gasteiger partial charge on any atom is 0.170 e. The Balaban J connectivity index is 1.64. The molecule has 0 saturated heterocycles. The van der Waals surface area contributed by atoms with Crippen molar-refractivity contribution < 1.29 is 9.94 Å². The van der Waals surface area contributed by atoms with Gasteiger partial charge in [-0.15, -0.1) is 0 Å². The Morgan fingerprint density at radius 3 is 2.65 bits per heavy atom. The Hall–Kier alpha value is -1.75. The van der Waals surface area contributed by atoms with Crippen LogP contribution in [0, 0.1) is 11.3 Å². The highest BCUT2D eigenvalue weighted by atomic mass is 16.5. The van der Waals surface area contributed by atoms with E-state index in [9.17, 15) is 0 Å². The van der Waals surface area contributed by atoms with Crippen LogP contribution in [0.2, 0.25) is 0 Å². The molecule has 5 nitrogen and oxygen atoms in total. The third-order valence-corrected chi connectivity index (χ3v) is 3.91. The Morgan fingerprint density at radius 1 is 1.45 bits per heavy atom. The number of nitrogens with one attached hydrogen (secondary N) is 1. The quantitative estimate of drug-likeness (QED) is 0.233. The number of ether oxygens (including phenoxy) is 1. The maximum atomic E-state index is 8.57. The molecular weight excluding hydrogens is 254 g/mol. The number of rotatable bonds is 7. The van der Waals surface area contributed by atoms with Gasteiger partial charge in [0.1, 0.15) is 12.4 Å². The molecular formula is C15H23N3O2. The first-order chi connectivity index (χ1) is 9.53. The Labute approximate surface area is 119 Å². The van der Waals surface area contributed by atoms with Crippen LogP contribution in [-0.2, 0) is 0 Å². The van der Waals surface area contributed by atoms with Crippen LogP contribution in [0.4, 0.5) is 0 Å².